The van der Waals surface area contributed by atoms with Crippen molar-refractivity contribution in [3.8, 4) is 0 Å². The molecule has 1 aliphatic rings. The van der Waals surface area contributed by atoms with Crippen LogP contribution in [0.3, 0.4) is 0 Å². The summed E-state index contributed by atoms with van der Waals surface area (Å²) in [5, 5.41) is 23.7. The first-order valence-electron chi connectivity index (χ1n) is 7.29. The Morgan fingerprint density at radius 3 is 2.76 bits per heavy atom. The van der Waals surface area contributed by atoms with Gasteiger partial charge in [0.15, 0.2) is 0 Å². The lowest BCUT2D eigenvalue weighted by Gasteiger charge is -2.21. The van der Waals surface area contributed by atoms with Gasteiger partial charge in [-0.2, -0.15) is 0 Å². The molecule has 0 aliphatic heterocycles. The van der Waals surface area contributed by atoms with Crippen LogP contribution in [-0.2, 0) is 0 Å². The minimum Gasteiger partial charge on any atom is -0.395 e. The first kappa shape index (κ1) is 15.4. The molecule has 1 aliphatic carbocycles. The van der Waals surface area contributed by atoms with E-state index < -0.39 is 4.92 Å². The molecule has 0 atom stereocenters. The predicted octanol–water partition coefficient (Wildman–Crippen LogP) is 1.56. The second kappa shape index (κ2) is 7.16. The Balaban J connectivity index is 2.33. The lowest BCUT2D eigenvalue weighted by molar-refractivity contribution is -0.383. The highest BCUT2D eigenvalue weighted by Gasteiger charge is 2.28. The molecule has 0 bridgehead atoms. The summed E-state index contributed by atoms with van der Waals surface area (Å²) in [4.78, 5) is 20.8. The highest BCUT2D eigenvalue weighted by molar-refractivity contribution is 5.70. The quantitative estimate of drug-likeness (QED) is 0.581. The Morgan fingerprint density at radius 2 is 2.19 bits per heavy atom. The molecule has 0 radical (unpaired) electrons. The zero-order chi connectivity index (χ0) is 15.2. The van der Waals surface area contributed by atoms with Gasteiger partial charge in [0.2, 0.25) is 11.6 Å². The van der Waals surface area contributed by atoms with E-state index in [-0.39, 0.29) is 30.0 Å². The Bertz CT molecular complexity index is 491. The molecule has 0 unspecified atom stereocenters. The fourth-order valence-electron chi connectivity index (χ4n) is 2.67. The normalized spacial score (nSPS) is 15.1. The summed E-state index contributed by atoms with van der Waals surface area (Å²) in [5.41, 5.74) is -0.111. The van der Waals surface area contributed by atoms with Gasteiger partial charge in [0.25, 0.3) is 0 Å². The Kier molecular flexibility index (Phi) is 5.26. The number of nitro groups is 1. The van der Waals surface area contributed by atoms with E-state index in [4.69, 9.17) is 5.11 Å². The molecule has 1 aromatic rings. The van der Waals surface area contributed by atoms with E-state index in [9.17, 15) is 10.1 Å². The Morgan fingerprint density at radius 1 is 1.48 bits per heavy atom. The van der Waals surface area contributed by atoms with E-state index >= 15 is 0 Å². The van der Waals surface area contributed by atoms with Crippen molar-refractivity contribution >= 4 is 17.3 Å². The Hall–Kier alpha value is -1.96. The van der Waals surface area contributed by atoms with Crippen LogP contribution in [0, 0.1) is 10.1 Å². The average molecular weight is 295 g/mol. The van der Waals surface area contributed by atoms with Crippen molar-refractivity contribution in [1.82, 2.24) is 9.97 Å². The number of likely N-dealkylation sites (N-methyl/N-ethyl adjacent to an activating group) is 1. The van der Waals surface area contributed by atoms with Crippen LogP contribution >= 0.6 is 0 Å². The minimum absolute atomic E-state index is 0.0830. The first-order valence-corrected chi connectivity index (χ1v) is 7.29. The molecule has 1 fully saturated rings. The number of nitrogens with zero attached hydrogens (tertiary/aromatic N) is 4. The van der Waals surface area contributed by atoms with E-state index in [1.807, 2.05) is 6.92 Å². The van der Waals surface area contributed by atoms with Gasteiger partial charge in [-0.15, -0.1) is 0 Å². The van der Waals surface area contributed by atoms with E-state index in [0.29, 0.717) is 13.1 Å². The van der Waals surface area contributed by atoms with Crippen molar-refractivity contribution in [2.24, 2.45) is 0 Å². The van der Waals surface area contributed by atoms with Crippen LogP contribution < -0.4 is 10.2 Å². The van der Waals surface area contributed by atoms with Crippen molar-refractivity contribution < 1.29 is 10.0 Å². The number of aliphatic hydroxyl groups excluding tert-OH is 1. The zero-order valence-electron chi connectivity index (χ0n) is 12.2. The molecule has 116 valence electrons. The van der Waals surface area contributed by atoms with Crippen molar-refractivity contribution in [2.75, 3.05) is 29.9 Å². The number of aromatic nitrogens is 2. The molecular formula is C13H21N5O3. The maximum Gasteiger partial charge on any atom is 0.353 e. The van der Waals surface area contributed by atoms with Gasteiger partial charge >= 0.3 is 5.69 Å². The molecule has 2 rings (SSSR count). The molecule has 8 nitrogen and oxygen atoms in total. The third-order valence-electron chi connectivity index (χ3n) is 3.73. The first-order chi connectivity index (χ1) is 10.2. The van der Waals surface area contributed by atoms with E-state index in [1.54, 1.807) is 4.90 Å². The third kappa shape index (κ3) is 3.57. The van der Waals surface area contributed by atoms with E-state index in [1.165, 1.54) is 6.33 Å². The summed E-state index contributed by atoms with van der Waals surface area (Å²) in [6, 6.07) is 0.236. The molecule has 0 saturated heterocycles. The van der Waals surface area contributed by atoms with Gasteiger partial charge in [0, 0.05) is 19.1 Å². The van der Waals surface area contributed by atoms with Crippen molar-refractivity contribution in [2.45, 2.75) is 38.6 Å². The summed E-state index contributed by atoms with van der Waals surface area (Å²) in [7, 11) is 0. The molecule has 1 saturated carbocycles. The summed E-state index contributed by atoms with van der Waals surface area (Å²) in [5.74, 6) is 0.528. The van der Waals surface area contributed by atoms with Crippen LogP contribution in [-0.4, -0.2) is 45.7 Å². The molecule has 2 N–H and O–H groups in total. The van der Waals surface area contributed by atoms with Crippen LogP contribution in [0.2, 0.25) is 0 Å². The molecule has 0 amide bonds. The monoisotopic (exact) mass is 295 g/mol. The third-order valence-corrected chi connectivity index (χ3v) is 3.73. The zero-order valence-corrected chi connectivity index (χ0v) is 12.2. The average Bonchev–Trinajstić information content (AvgIpc) is 2.97. The smallest absolute Gasteiger partial charge is 0.353 e. The highest BCUT2D eigenvalue weighted by atomic mass is 16.6. The predicted molar refractivity (Wildman–Crippen MR) is 79.5 cm³/mol. The van der Waals surface area contributed by atoms with Crippen LogP contribution in [0.4, 0.5) is 17.3 Å². The standard InChI is InChI=1S/C13H21N5O3/c1-2-17(7-8-19)13-11(18(20)21)12(14-9-15-13)16-10-5-3-4-6-10/h9-10,19H,2-8H2,1H3,(H,14,15,16). The summed E-state index contributed by atoms with van der Waals surface area (Å²) in [6.45, 7) is 2.62. The van der Waals surface area contributed by atoms with Crippen LogP contribution in [0.25, 0.3) is 0 Å². The second-order valence-corrected chi connectivity index (χ2v) is 5.08. The lowest BCUT2D eigenvalue weighted by Crippen LogP contribution is -2.28. The van der Waals surface area contributed by atoms with Crippen molar-refractivity contribution in [1.29, 1.82) is 0 Å². The van der Waals surface area contributed by atoms with Gasteiger partial charge < -0.3 is 15.3 Å². The summed E-state index contributed by atoms with van der Waals surface area (Å²) in [6.07, 6.45) is 5.61. The number of nitrogens with one attached hydrogen (secondary N) is 1. The molecule has 8 heteroatoms. The number of aliphatic hydroxyl groups is 1. The van der Waals surface area contributed by atoms with Gasteiger partial charge in [0.1, 0.15) is 6.33 Å². The second-order valence-electron chi connectivity index (χ2n) is 5.08. The molecule has 0 aromatic carbocycles. The fraction of sp³-hybridized carbons (Fsp3) is 0.692. The number of rotatable bonds is 7. The van der Waals surface area contributed by atoms with Gasteiger partial charge in [-0.05, 0) is 19.8 Å². The summed E-state index contributed by atoms with van der Waals surface area (Å²) >= 11 is 0. The van der Waals surface area contributed by atoms with E-state index in [2.05, 4.69) is 15.3 Å². The molecule has 1 heterocycles. The minimum atomic E-state index is -0.452. The topological polar surface area (TPSA) is 104 Å². The number of hydrogen-bond donors (Lipinski definition) is 2. The largest absolute Gasteiger partial charge is 0.395 e. The van der Waals surface area contributed by atoms with Crippen molar-refractivity contribution in [3.05, 3.63) is 16.4 Å². The van der Waals surface area contributed by atoms with Gasteiger partial charge in [0.05, 0.1) is 11.5 Å². The molecular weight excluding hydrogens is 274 g/mol. The highest BCUT2D eigenvalue weighted by Crippen LogP contribution is 2.33. The molecule has 1 aromatic heterocycles. The number of anilines is 2. The van der Waals surface area contributed by atoms with Crippen LogP contribution in [0.1, 0.15) is 32.6 Å². The van der Waals surface area contributed by atoms with Gasteiger partial charge in [-0.3, -0.25) is 10.1 Å². The van der Waals surface area contributed by atoms with Crippen molar-refractivity contribution in [3.63, 3.8) is 0 Å². The van der Waals surface area contributed by atoms with E-state index in [0.717, 1.165) is 25.7 Å². The van der Waals surface area contributed by atoms with Gasteiger partial charge in [-0.1, -0.05) is 12.8 Å². The molecule has 21 heavy (non-hydrogen) atoms. The number of hydrogen-bond acceptors (Lipinski definition) is 7. The maximum atomic E-state index is 11.4. The van der Waals surface area contributed by atoms with Crippen LogP contribution in [0.5, 0.6) is 0 Å². The van der Waals surface area contributed by atoms with Crippen LogP contribution in [0.15, 0.2) is 6.33 Å². The molecule has 0 spiro atoms. The fourth-order valence-corrected chi connectivity index (χ4v) is 2.67. The van der Waals surface area contributed by atoms with Gasteiger partial charge in [-0.25, -0.2) is 9.97 Å². The summed E-state index contributed by atoms with van der Waals surface area (Å²) < 4.78 is 0. The lowest BCUT2D eigenvalue weighted by atomic mass is 10.2. The SMILES string of the molecule is CCN(CCO)c1ncnc(NC2CCCC2)c1[N+](=O)[O-]. The Labute approximate surface area is 123 Å². The maximum absolute atomic E-state index is 11.4.